The van der Waals surface area contributed by atoms with Gasteiger partial charge >= 0.3 is 0 Å². The van der Waals surface area contributed by atoms with Gasteiger partial charge in [-0.05, 0) is 35.0 Å². The van der Waals surface area contributed by atoms with E-state index in [2.05, 4.69) is 39.1 Å². The summed E-state index contributed by atoms with van der Waals surface area (Å²) in [6, 6.07) is 2.39. The van der Waals surface area contributed by atoms with Crippen molar-refractivity contribution in [2.24, 2.45) is 0 Å². The lowest BCUT2D eigenvalue weighted by molar-refractivity contribution is 0.895. The minimum atomic E-state index is 0.138. The van der Waals surface area contributed by atoms with Gasteiger partial charge in [-0.3, -0.25) is 0 Å². The first-order valence-corrected chi connectivity index (χ1v) is 8.62. The maximum absolute atomic E-state index is 2.39. The highest BCUT2D eigenvalue weighted by atomic mass is 32.1. The molecular weight excluding hydrogens is 219 g/mol. The molecule has 0 aliphatic heterocycles. The molecule has 0 fully saturated rings. The van der Waals surface area contributed by atoms with Crippen LogP contribution in [-0.4, -0.2) is 12.3 Å². The predicted molar refractivity (Wildman–Crippen MR) is 75.3 cm³/mol. The van der Waals surface area contributed by atoms with Gasteiger partial charge in [0, 0.05) is 4.88 Å². The van der Waals surface area contributed by atoms with Gasteiger partial charge in [0.15, 0.2) is 0 Å². The average molecular weight is 242 g/mol. The Morgan fingerprint density at radius 1 is 1.20 bits per heavy atom. The molecule has 86 valence electrons. The third kappa shape index (κ3) is 3.57. The standard InChI is InChI=1S/C13H23PS/c1-5-8-14(9-6-2)12-7-10-15-13(12)11(3)4/h7,10-11H,5-6,8-9H2,1-4H3. The summed E-state index contributed by atoms with van der Waals surface area (Å²) in [5.41, 5.74) is 0. The molecule has 0 amide bonds. The lowest BCUT2D eigenvalue weighted by Crippen LogP contribution is -2.09. The fourth-order valence-corrected chi connectivity index (χ4v) is 6.00. The third-order valence-corrected chi connectivity index (χ3v) is 6.94. The Kier molecular flexibility index (Phi) is 5.86. The second kappa shape index (κ2) is 6.66. The Bertz CT molecular complexity index is 272. The number of hydrogen-bond acceptors (Lipinski definition) is 1. The zero-order chi connectivity index (χ0) is 11.3. The molecule has 1 heterocycles. The van der Waals surface area contributed by atoms with Gasteiger partial charge in [-0.1, -0.05) is 48.5 Å². The highest BCUT2D eigenvalue weighted by Gasteiger charge is 2.16. The Hall–Kier alpha value is 0.130. The van der Waals surface area contributed by atoms with E-state index in [9.17, 15) is 0 Å². The Morgan fingerprint density at radius 3 is 2.27 bits per heavy atom. The zero-order valence-electron chi connectivity index (χ0n) is 10.4. The molecule has 0 spiro atoms. The van der Waals surface area contributed by atoms with Crippen LogP contribution in [0.25, 0.3) is 0 Å². The smallest absolute Gasteiger partial charge is 0.0147 e. The molecule has 1 aromatic rings. The van der Waals surface area contributed by atoms with Crippen molar-refractivity contribution >= 4 is 24.6 Å². The van der Waals surface area contributed by atoms with Crippen molar-refractivity contribution in [2.75, 3.05) is 12.3 Å². The summed E-state index contributed by atoms with van der Waals surface area (Å²) in [5.74, 6) is 0.707. The van der Waals surface area contributed by atoms with Crippen LogP contribution in [-0.2, 0) is 0 Å². The van der Waals surface area contributed by atoms with E-state index in [4.69, 9.17) is 0 Å². The lowest BCUT2D eigenvalue weighted by Gasteiger charge is -2.18. The summed E-state index contributed by atoms with van der Waals surface area (Å²) in [7, 11) is 0.138. The summed E-state index contributed by atoms with van der Waals surface area (Å²) < 4.78 is 0. The monoisotopic (exact) mass is 242 g/mol. The molecule has 0 aliphatic rings. The molecule has 0 aromatic carbocycles. The van der Waals surface area contributed by atoms with Crippen LogP contribution < -0.4 is 5.30 Å². The molecule has 0 unspecified atom stereocenters. The van der Waals surface area contributed by atoms with Gasteiger partial charge in [0.2, 0.25) is 0 Å². The van der Waals surface area contributed by atoms with E-state index >= 15 is 0 Å². The van der Waals surface area contributed by atoms with Gasteiger partial charge < -0.3 is 0 Å². The summed E-state index contributed by atoms with van der Waals surface area (Å²) in [6.45, 7) is 9.26. The van der Waals surface area contributed by atoms with Crippen LogP contribution in [0.15, 0.2) is 11.4 Å². The van der Waals surface area contributed by atoms with Gasteiger partial charge in [-0.25, -0.2) is 0 Å². The lowest BCUT2D eigenvalue weighted by atomic mass is 10.2. The van der Waals surface area contributed by atoms with E-state index in [0.29, 0.717) is 5.92 Å². The number of thiophene rings is 1. The highest BCUT2D eigenvalue weighted by molar-refractivity contribution is 7.66. The first-order valence-electron chi connectivity index (χ1n) is 6.03. The minimum absolute atomic E-state index is 0.138. The summed E-state index contributed by atoms with van der Waals surface area (Å²) in [6.07, 6.45) is 5.50. The number of rotatable bonds is 6. The van der Waals surface area contributed by atoms with E-state index in [-0.39, 0.29) is 7.92 Å². The minimum Gasteiger partial charge on any atom is -0.148 e. The molecule has 1 aromatic heterocycles. The maximum atomic E-state index is 2.39. The largest absolute Gasteiger partial charge is 0.148 e. The second-order valence-electron chi connectivity index (χ2n) is 4.31. The van der Waals surface area contributed by atoms with Crippen LogP contribution in [0.1, 0.15) is 51.3 Å². The molecule has 15 heavy (non-hydrogen) atoms. The number of hydrogen-bond donors (Lipinski definition) is 0. The van der Waals surface area contributed by atoms with Crippen molar-refractivity contribution in [2.45, 2.75) is 46.5 Å². The van der Waals surface area contributed by atoms with Crippen molar-refractivity contribution in [3.8, 4) is 0 Å². The summed E-state index contributed by atoms with van der Waals surface area (Å²) >= 11 is 1.95. The topological polar surface area (TPSA) is 0 Å². The molecule has 0 nitrogen and oxygen atoms in total. The summed E-state index contributed by atoms with van der Waals surface area (Å²) in [5, 5.41) is 3.99. The van der Waals surface area contributed by atoms with Crippen molar-refractivity contribution in [1.29, 1.82) is 0 Å². The highest BCUT2D eigenvalue weighted by Crippen LogP contribution is 2.40. The molecule has 0 saturated heterocycles. The van der Waals surface area contributed by atoms with E-state index < -0.39 is 0 Å². The molecule has 0 radical (unpaired) electrons. The molecule has 0 atom stereocenters. The predicted octanol–water partition coefficient (Wildman–Crippen LogP) is 4.80. The SMILES string of the molecule is CCCP(CCC)c1ccsc1C(C)C. The van der Waals surface area contributed by atoms with Crippen LogP contribution in [0.5, 0.6) is 0 Å². The average Bonchev–Trinajstić information content (AvgIpc) is 2.65. The first-order chi connectivity index (χ1) is 7.20. The Balaban J connectivity index is 2.84. The molecule has 0 bridgehead atoms. The molecule has 0 aliphatic carbocycles. The molecule has 0 saturated carbocycles. The fourth-order valence-electron chi connectivity index (χ4n) is 1.90. The zero-order valence-corrected chi connectivity index (χ0v) is 12.1. The second-order valence-corrected chi connectivity index (χ2v) is 7.72. The van der Waals surface area contributed by atoms with Crippen LogP contribution in [0.4, 0.5) is 0 Å². The molecule has 1 rings (SSSR count). The van der Waals surface area contributed by atoms with Crippen molar-refractivity contribution in [3.05, 3.63) is 16.3 Å². The van der Waals surface area contributed by atoms with Crippen LogP contribution in [0.2, 0.25) is 0 Å². The molecular formula is C13H23PS. The Labute approximate surface area is 99.9 Å². The quantitative estimate of drug-likeness (QED) is 0.629. The van der Waals surface area contributed by atoms with Crippen LogP contribution in [0, 0.1) is 0 Å². The van der Waals surface area contributed by atoms with Crippen molar-refractivity contribution in [3.63, 3.8) is 0 Å². The van der Waals surface area contributed by atoms with E-state index in [0.717, 1.165) is 0 Å². The van der Waals surface area contributed by atoms with E-state index in [1.165, 1.54) is 25.2 Å². The molecule has 0 N–H and O–H groups in total. The van der Waals surface area contributed by atoms with Gasteiger partial charge in [-0.2, -0.15) is 0 Å². The third-order valence-electron chi connectivity index (χ3n) is 2.53. The maximum Gasteiger partial charge on any atom is 0.0147 e. The summed E-state index contributed by atoms with van der Waals surface area (Å²) in [4.78, 5) is 1.64. The van der Waals surface area contributed by atoms with Crippen molar-refractivity contribution in [1.82, 2.24) is 0 Å². The molecule has 2 heteroatoms. The Morgan fingerprint density at radius 2 is 1.80 bits per heavy atom. The normalized spacial score (nSPS) is 11.6. The van der Waals surface area contributed by atoms with E-state index in [1.807, 2.05) is 11.3 Å². The van der Waals surface area contributed by atoms with Crippen LogP contribution in [0.3, 0.4) is 0 Å². The fraction of sp³-hybridized carbons (Fsp3) is 0.692. The first kappa shape index (κ1) is 13.2. The van der Waals surface area contributed by atoms with Crippen molar-refractivity contribution < 1.29 is 0 Å². The van der Waals surface area contributed by atoms with Gasteiger partial charge in [-0.15, -0.1) is 11.3 Å². The van der Waals surface area contributed by atoms with Gasteiger partial charge in [0.25, 0.3) is 0 Å². The van der Waals surface area contributed by atoms with E-state index in [1.54, 1.807) is 10.2 Å². The van der Waals surface area contributed by atoms with Crippen LogP contribution >= 0.6 is 19.3 Å². The van der Waals surface area contributed by atoms with Gasteiger partial charge in [0.1, 0.15) is 0 Å². The van der Waals surface area contributed by atoms with Gasteiger partial charge in [0.05, 0.1) is 0 Å².